The number of halogens is 1. The molecule has 0 bridgehead atoms. The first kappa shape index (κ1) is 18.4. The molecule has 1 heterocycles. The van der Waals surface area contributed by atoms with Gasteiger partial charge in [0.2, 0.25) is 0 Å². The highest BCUT2D eigenvalue weighted by atomic mass is 19.1. The summed E-state index contributed by atoms with van der Waals surface area (Å²) in [5.74, 6) is -1.79. The molecule has 0 aliphatic carbocycles. The number of rotatable bonds is 6. The van der Waals surface area contributed by atoms with Crippen LogP contribution in [-0.4, -0.2) is 33.4 Å². The molecule has 7 nitrogen and oxygen atoms in total. The summed E-state index contributed by atoms with van der Waals surface area (Å²) in [6, 6.07) is 2.61. The first-order chi connectivity index (χ1) is 11.7. The van der Waals surface area contributed by atoms with Gasteiger partial charge in [0, 0.05) is 7.05 Å². The minimum atomic E-state index is -1.29. The van der Waals surface area contributed by atoms with Gasteiger partial charge >= 0.3 is 5.97 Å². The summed E-state index contributed by atoms with van der Waals surface area (Å²) in [6.07, 6.45) is 0. The van der Waals surface area contributed by atoms with Gasteiger partial charge in [0.25, 0.3) is 5.91 Å². The predicted octanol–water partition coefficient (Wildman–Crippen LogP) is 1.81. The second-order valence-corrected chi connectivity index (χ2v) is 5.76. The predicted molar refractivity (Wildman–Crippen MR) is 87.8 cm³/mol. The zero-order valence-corrected chi connectivity index (χ0v) is 14.5. The molecule has 0 radical (unpaired) electrons. The van der Waals surface area contributed by atoms with Gasteiger partial charge in [0.1, 0.15) is 11.5 Å². The molecule has 0 spiro atoms. The third kappa shape index (κ3) is 4.14. The van der Waals surface area contributed by atoms with Crippen molar-refractivity contribution in [3.05, 3.63) is 46.5 Å². The van der Waals surface area contributed by atoms with Crippen molar-refractivity contribution in [1.29, 1.82) is 0 Å². The highest BCUT2D eigenvalue weighted by Crippen LogP contribution is 2.21. The number of amides is 1. The van der Waals surface area contributed by atoms with Gasteiger partial charge < -0.3 is 15.2 Å². The molecule has 0 fully saturated rings. The van der Waals surface area contributed by atoms with Gasteiger partial charge in [-0.3, -0.25) is 9.48 Å². The van der Waals surface area contributed by atoms with Gasteiger partial charge in [-0.1, -0.05) is 12.1 Å². The Morgan fingerprint density at radius 3 is 2.56 bits per heavy atom. The van der Waals surface area contributed by atoms with E-state index in [0.717, 1.165) is 5.69 Å². The number of aromatic nitrogens is 2. The molecule has 1 atom stereocenters. The Bertz CT molecular complexity index is 816. The maximum absolute atomic E-state index is 13.3. The molecule has 2 rings (SSSR count). The summed E-state index contributed by atoms with van der Waals surface area (Å²) in [4.78, 5) is 23.5. The van der Waals surface area contributed by atoms with Crippen LogP contribution in [0.5, 0.6) is 5.75 Å². The summed E-state index contributed by atoms with van der Waals surface area (Å²) >= 11 is 0. The molecular weight excluding hydrogens is 329 g/mol. The number of carboxylic acid groups (broad SMARTS) is 1. The van der Waals surface area contributed by atoms with E-state index in [2.05, 4.69) is 10.4 Å². The van der Waals surface area contributed by atoms with Crippen LogP contribution in [0.3, 0.4) is 0 Å². The van der Waals surface area contributed by atoms with E-state index in [1.165, 1.54) is 25.1 Å². The molecule has 0 aliphatic rings. The third-order valence-corrected chi connectivity index (χ3v) is 3.86. The molecule has 0 saturated heterocycles. The fraction of sp³-hybridized carbons (Fsp3) is 0.353. The quantitative estimate of drug-likeness (QED) is 0.829. The number of aryl methyl sites for hydroxylation is 3. The minimum absolute atomic E-state index is 0.286. The lowest BCUT2D eigenvalue weighted by atomic mass is 10.0. The summed E-state index contributed by atoms with van der Waals surface area (Å²) in [6.45, 7) is 4.73. The summed E-state index contributed by atoms with van der Waals surface area (Å²) in [5, 5.41) is 15.9. The van der Waals surface area contributed by atoms with Gasteiger partial charge in [-0.25, -0.2) is 9.18 Å². The molecular formula is C17H20FN3O4. The van der Waals surface area contributed by atoms with Crippen LogP contribution in [0.2, 0.25) is 0 Å². The van der Waals surface area contributed by atoms with Crippen LogP contribution in [0, 0.1) is 26.6 Å². The average Bonchev–Trinajstić information content (AvgIpc) is 2.78. The third-order valence-electron chi connectivity index (χ3n) is 3.86. The zero-order chi connectivity index (χ0) is 18.7. The van der Waals surface area contributed by atoms with E-state index in [0.29, 0.717) is 17.0 Å². The van der Waals surface area contributed by atoms with E-state index in [-0.39, 0.29) is 12.2 Å². The molecule has 1 aromatic heterocycles. The molecule has 1 amide bonds. The fourth-order valence-electron chi connectivity index (χ4n) is 2.44. The number of carbonyl (C=O) groups is 2. The van der Waals surface area contributed by atoms with Crippen LogP contribution in [0.4, 0.5) is 4.39 Å². The standard InChI is InChI=1S/C17H20FN3O4/c1-9-7-12(5-6-13(9)18)15(17(23)24)19-14(22)8-25-16-10(2)20-21(4)11(16)3/h5-7,15H,8H2,1-4H3,(H,19,22)(H,23,24). The van der Waals surface area contributed by atoms with Crippen LogP contribution >= 0.6 is 0 Å². The number of nitrogens with zero attached hydrogens (tertiary/aromatic N) is 2. The molecule has 8 heteroatoms. The molecule has 1 unspecified atom stereocenters. The van der Waals surface area contributed by atoms with E-state index in [4.69, 9.17) is 4.74 Å². The van der Waals surface area contributed by atoms with Crippen LogP contribution < -0.4 is 10.1 Å². The van der Waals surface area contributed by atoms with E-state index in [9.17, 15) is 19.1 Å². The topological polar surface area (TPSA) is 93.5 Å². The molecule has 2 N–H and O–H groups in total. The van der Waals surface area contributed by atoms with Crippen LogP contribution in [0.1, 0.15) is 28.6 Å². The van der Waals surface area contributed by atoms with Crippen molar-refractivity contribution in [2.45, 2.75) is 26.8 Å². The van der Waals surface area contributed by atoms with Gasteiger partial charge in [-0.05, 0) is 38.0 Å². The van der Waals surface area contributed by atoms with Crippen LogP contribution in [0.25, 0.3) is 0 Å². The van der Waals surface area contributed by atoms with E-state index in [1.54, 1.807) is 25.6 Å². The van der Waals surface area contributed by atoms with Crippen molar-refractivity contribution in [2.75, 3.05) is 6.61 Å². The summed E-state index contributed by atoms with van der Waals surface area (Å²) in [5.41, 5.74) is 1.98. The number of carboxylic acids is 1. The maximum atomic E-state index is 13.3. The fourth-order valence-corrected chi connectivity index (χ4v) is 2.44. The van der Waals surface area contributed by atoms with Crippen LogP contribution in [0.15, 0.2) is 18.2 Å². The molecule has 2 aromatic rings. The van der Waals surface area contributed by atoms with Crippen molar-refractivity contribution in [3.8, 4) is 5.75 Å². The van der Waals surface area contributed by atoms with Crippen LogP contribution in [-0.2, 0) is 16.6 Å². The lowest BCUT2D eigenvalue weighted by Crippen LogP contribution is -2.36. The Balaban J connectivity index is 2.07. The number of aliphatic carboxylic acids is 1. The van der Waals surface area contributed by atoms with Gasteiger partial charge in [0.05, 0.1) is 5.69 Å². The number of hydrogen-bond donors (Lipinski definition) is 2. The lowest BCUT2D eigenvalue weighted by Gasteiger charge is -2.16. The summed E-state index contributed by atoms with van der Waals surface area (Å²) in [7, 11) is 1.76. The summed E-state index contributed by atoms with van der Waals surface area (Å²) < 4.78 is 20.4. The lowest BCUT2D eigenvalue weighted by molar-refractivity contribution is -0.142. The maximum Gasteiger partial charge on any atom is 0.330 e. The Morgan fingerprint density at radius 2 is 2.04 bits per heavy atom. The van der Waals surface area contributed by atoms with Crippen molar-refractivity contribution >= 4 is 11.9 Å². The van der Waals surface area contributed by atoms with Gasteiger partial charge in [-0.15, -0.1) is 0 Å². The Morgan fingerprint density at radius 1 is 1.36 bits per heavy atom. The van der Waals surface area contributed by atoms with E-state index in [1.807, 2.05) is 0 Å². The van der Waals surface area contributed by atoms with E-state index >= 15 is 0 Å². The second kappa shape index (κ2) is 7.33. The SMILES string of the molecule is Cc1cc(C(NC(=O)COc2c(C)nn(C)c2C)C(=O)O)ccc1F. The molecule has 0 saturated carbocycles. The Kier molecular flexibility index (Phi) is 5.41. The normalized spacial score (nSPS) is 11.9. The second-order valence-electron chi connectivity index (χ2n) is 5.76. The number of ether oxygens (including phenoxy) is 1. The highest BCUT2D eigenvalue weighted by Gasteiger charge is 2.23. The zero-order valence-electron chi connectivity index (χ0n) is 14.5. The molecule has 134 valence electrons. The van der Waals surface area contributed by atoms with E-state index < -0.39 is 23.7 Å². The molecule has 1 aromatic carbocycles. The Hall–Kier alpha value is -2.90. The smallest absolute Gasteiger partial charge is 0.330 e. The molecule has 25 heavy (non-hydrogen) atoms. The van der Waals surface area contributed by atoms with Gasteiger partial charge in [0.15, 0.2) is 18.4 Å². The number of carbonyl (C=O) groups excluding carboxylic acids is 1. The molecule has 0 aliphatic heterocycles. The number of nitrogens with one attached hydrogen (secondary N) is 1. The van der Waals surface area contributed by atoms with Crippen molar-refractivity contribution in [2.24, 2.45) is 7.05 Å². The van der Waals surface area contributed by atoms with Crippen molar-refractivity contribution in [3.63, 3.8) is 0 Å². The largest absolute Gasteiger partial charge is 0.480 e. The number of hydrogen-bond acceptors (Lipinski definition) is 4. The van der Waals surface area contributed by atoms with Crippen molar-refractivity contribution < 1.29 is 23.8 Å². The first-order valence-electron chi connectivity index (χ1n) is 7.62. The van der Waals surface area contributed by atoms with Crippen molar-refractivity contribution in [1.82, 2.24) is 15.1 Å². The monoisotopic (exact) mass is 349 g/mol. The minimum Gasteiger partial charge on any atom is -0.480 e. The average molecular weight is 349 g/mol. The Labute approximate surface area is 144 Å². The number of benzene rings is 1. The first-order valence-corrected chi connectivity index (χ1v) is 7.62. The van der Waals surface area contributed by atoms with Gasteiger partial charge in [-0.2, -0.15) is 5.10 Å². The highest BCUT2D eigenvalue weighted by molar-refractivity contribution is 5.85.